The van der Waals surface area contributed by atoms with Gasteiger partial charge in [-0.1, -0.05) is 105 Å². The number of ketones is 2. The maximum atomic E-state index is 13.1. The molecule has 7 aromatic heterocycles. The van der Waals surface area contributed by atoms with E-state index in [-0.39, 0.29) is 70.8 Å². The number of amides is 7. The molecule has 1 aliphatic heterocycles. The number of urea groups is 2. The molecule has 716 valence electrons. The highest BCUT2D eigenvalue weighted by Gasteiger charge is 2.37. The van der Waals surface area contributed by atoms with Crippen LogP contribution in [0.3, 0.4) is 0 Å². The Balaban J connectivity index is 0.000000157. The molecule has 15 aromatic rings. The van der Waals surface area contributed by atoms with Crippen LogP contribution in [0.4, 0.5) is 96.4 Å². The monoisotopic (exact) mass is 1970 g/mol. The molecule has 8 aromatic carbocycles. The van der Waals surface area contributed by atoms with Gasteiger partial charge in [0.1, 0.15) is 22.6 Å². The van der Waals surface area contributed by atoms with Crippen LogP contribution >= 0.6 is 35.0 Å². The maximum Gasteiger partial charge on any atom is 0.417 e. The Hall–Kier alpha value is -15.6. The molecule has 0 aliphatic carbocycles. The summed E-state index contributed by atoms with van der Waals surface area (Å²) < 4.78 is 172. The highest BCUT2D eigenvalue weighted by molar-refractivity contribution is 7.98. The third kappa shape index (κ3) is 25.2. The predicted molar refractivity (Wildman–Crippen MR) is 498 cm³/mol. The molecular weight excluding hydrogens is 1900 g/mol. The Morgan fingerprint density at radius 2 is 0.942 bits per heavy atom. The average molecular weight is 1970 g/mol. The number of likely N-dealkylation sites (N-methyl/N-ethyl adjacent to an activating group) is 1. The third-order valence-corrected chi connectivity index (χ3v) is 22.3. The zero-order chi connectivity index (χ0) is 99.8. The van der Waals surface area contributed by atoms with Crippen LogP contribution in [0.1, 0.15) is 119 Å². The predicted octanol–water partition coefficient (Wildman–Crippen LogP) is 22.5. The summed E-state index contributed by atoms with van der Waals surface area (Å²) in [5.41, 5.74) is 4.79. The van der Waals surface area contributed by atoms with Crippen LogP contribution in [0.25, 0.3) is 50.7 Å². The van der Waals surface area contributed by atoms with Crippen molar-refractivity contribution >= 4 is 133 Å². The molecule has 0 radical (unpaired) electrons. The summed E-state index contributed by atoms with van der Waals surface area (Å²) in [6.07, 6.45) is -5.60. The van der Waals surface area contributed by atoms with E-state index in [2.05, 4.69) is 91.2 Å². The van der Waals surface area contributed by atoms with Gasteiger partial charge in [0.25, 0.3) is 11.8 Å². The van der Waals surface area contributed by atoms with Gasteiger partial charge >= 0.3 is 42.7 Å². The Labute approximate surface area is 796 Å². The largest absolute Gasteiger partial charge is 0.462 e. The molecule has 7 N–H and O–H groups in total. The van der Waals surface area contributed by atoms with Crippen molar-refractivity contribution in [2.75, 3.05) is 70.9 Å². The van der Waals surface area contributed by atoms with E-state index in [1.165, 1.54) is 86.5 Å². The zero-order valence-electron chi connectivity index (χ0n) is 73.5. The Morgan fingerprint density at radius 1 is 0.468 bits per heavy atom. The molecule has 0 spiro atoms. The summed E-state index contributed by atoms with van der Waals surface area (Å²) >= 11 is 12.6. The first-order valence-corrected chi connectivity index (χ1v) is 44.0. The van der Waals surface area contributed by atoms with Gasteiger partial charge in [0.05, 0.1) is 97.2 Å². The van der Waals surface area contributed by atoms with E-state index in [1.54, 1.807) is 148 Å². The van der Waals surface area contributed by atoms with Crippen LogP contribution in [0.5, 0.6) is 11.5 Å². The minimum atomic E-state index is -4.66. The molecule has 0 saturated carbocycles. The number of benzene rings is 8. The fraction of sp³-hybridized carbons (Fsp3) is 0.177. The normalized spacial score (nSPS) is 11.8. The summed E-state index contributed by atoms with van der Waals surface area (Å²) in [5, 5.41) is 30.0. The fourth-order valence-corrected chi connectivity index (χ4v) is 15.1. The number of hydrogen-bond donors (Lipinski definition) is 7. The third-order valence-electron chi connectivity index (χ3n) is 20.8. The van der Waals surface area contributed by atoms with Gasteiger partial charge in [-0.05, 0) is 165 Å². The van der Waals surface area contributed by atoms with Gasteiger partial charge in [-0.25, -0.2) is 42.9 Å². The van der Waals surface area contributed by atoms with E-state index < -0.39 is 86.7 Å². The van der Waals surface area contributed by atoms with Crippen molar-refractivity contribution in [2.45, 2.75) is 76.6 Å². The zero-order valence-corrected chi connectivity index (χ0v) is 75.8. The van der Waals surface area contributed by atoms with Gasteiger partial charge in [0, 0.05) is 113 Å². The average Bonchev–Trinajstić information content (AvgIpc) is 1.67. The molecular formula is C96H78Cl2F12N18O10S. The van der Waals surface area contributed by atoms with Gasteiger partial charge in [0.15, 0.2) is 34.3 Å². The maximum absolute atomic E-state index is 13.1. The Kier molecular flexibility index (Phi) is 31.9. The van der Waals surface area contributed by atoms with Crippen LogP contribution in [0, 0.1) is 0 Å². The number of halogens is 14. The second kappa shape index (κ2) is 44.0. The van der Waals surface area contributed by atoms with Crippen molar-refractivity contribution < 1.29 is 101 Å². The molecule has 43 heteroatoms. The van der Waals surface area contributed by atoms with Gasteiger partial charge < -0.3 is 51.6 Å². The van der Waals surface area contributed by atoms with Gasteiger partial charge in [-0.15, -0.1) is 11.8 Å². The lowest BCUT2D eigenvalue weighted by Gasteiger charge is -2.17. The number of alkyl halides is 12. The summed E-state index contributed by atoms with van der Waals surface area (Å²) in [4.78, 5) is 119. The molecule has 0 unspecified atom stereocenters. The number of anilines is 6. The van der Waals surface area contributed by atoms with Gasteiger partial charge in [-0.2, -0.15) is 68.0 Å². The first kappa shape index (κ1) is 101. The molecule has 0 bridgehead atoms. The van der Waals surface area contributed by atoms with Crippen molar-refractivity contribution in [3.63, 3.8) is 0 Å². The number of hydrogen-bond acceptors (Lipinski definition) is 19. The fourth-order valence-electron chi connectivity index (χ4n) is 14.1. The number of carbonyl (C=O) groups excluding carboxylic acids is 8. The summed E-state index contributed by atoms with van der Waals surface area (Å²) in [6, 6.07) is 45.6. The first-order chi connectivity index (χ1) is 66.3. The number of carbonyl (C=O) groups is 8. The molecule has 16 rings (SSSR count). The van der Waals surface area contributed by atoms with E-state index in [0.29, 0.717) is 120 Å². The van der Waals surface area contributed by atoms with E-state index >= 15 is 0 Å². The quantitative estimate of drug-likeness (QED) is 0.0121. The number of pyridine rings is 1. The topological polar surface area (TPSA) is 346 Å². The van der Waals surface area contributed by atoms with Crippen molar-refractivity contribution in [2.24, 2.45) is 0 Å². The highest BCUT2D eigenvalue weighted by Crippen LogP contribution is 2.43. The molecule has 7 amide bonds. The molecule has 0 fully saturated rings. The molecule has 28 nitrogen and oxygen atoms in total. The standard InChI is InChI=1S/C27H27ClF3N7O2.C24H18F3N3O3.C23H17F3N4O2.C22H16ClF3N4O3S/c1-3-37(4-2)13-12-33-25(39)20-16-34-38-23(10-11-32-24(20)38)17-6-5-7-18(14-17)35-26(40)36-19-8-9-22(28)21(15-19)27(29,30)31;1-2-33-23(32)19-14-29-30-20(9-10-28-22(19)30)16-6-3-5-15(11-16)12-21(31)17-7-4-8-18(13-17)24(25,26)27;1-2-20(31)18-13-28-30-19(9-10-27-21(18)30)14-5-3-6-15(11-14)22(32)29-17-8-4-7-16(12-17)23(24,25)26;1-34-18-9-12(29-21(32)28-11-2-4-14(23)13(8-11)22(24,25)26)3-5-16(18)33-17-6-7-27-15-10-19(31)30-20(15)17/h5-11,14-16H,3-4,12-13H2,1-2H3,(H,33,39)(H2,35,36,40);3-11,13-14H,2,12H2,1H3;3-13H,2H2,1H3,(H,29,32);2-9H,10H2,1H3,(H,30,31)(H2,28,29,32). The summed E-state index contributed by atoms with van der Waals surface area (Å²) in [5.74, 6) is -1.13. The molecule has 0 atom stereocenters. The van der Waals surface area contributed by atoms with Gasteiger partial charge in [0.2, 0.25) is 5.91 Å². The number of ether oxygens (including phenoxy) is 2. The van der Waals surface area contributed by atoms with Crippen LogP contribution < -0.4 is 42.0 Å². The van der Waals surface area contributed by atoms with E-state index in [4.69, 9.17) is 32.7 Å². The van der Waals surface area contributed by atoms with E-state index in [1.807, 2.05) is 6.26 Å². The first-order valence-electron chi connectivity index (χ1n) is 42.0. The molecule has 0 saturated heterocycles. The van der Waals surface area contributed by atoms with E-state index in [9.17, 15) is 91.0 Å². The number of fused-ring (bicyclic) bond motifs is 4. The lowest BCUT2D eigenvalue weighted by molar-refractivity contribution is -0.138. The van der Waals surface area contributed by atoms with E-state index in [0.717, 1.165) is 68.2 Å². The van der Waals surface area contributed by atoms with Crippen LogP contribution in [-0.4, -0.2) is 140 Å². The number of aromatic nitrogens is 10. The van der Waals surface area contributed by atoms with Crippen molar-refractivity contribution in [3.8, 4) is 45.3 Å². The minimum Gasteiger partial charge on any atom is -0.462 e. The second-order valence-electron chi connectivity index (χ2n) is 30.1. The number of rotatable bonds is 25. The van der Waals surface area contributed by atoms with Crippen molar-refractivity contribution in [1.82, 2.24) is 59.0 Å². The number of nitrogens with zero attached hydrogens (tertiary/aromatic N) is 11. The lowest BCUT2D eigenvalue weighted by atomic mass is 9.99. The van der Waals surface area contributed by atoms with Crippen LogP contribution in [0.15, 0.2) is 248 Å². The number of thioether (sulfide) groups is 1. The molecule has 8 heterocycles. The smallest absolute Gasteiger partial charge is 0.417 e. The number of Topliss-reactive ketones (excluding diaryl/α,β-unsaturated/α-hetero) is 2. The summed E-state index contributed by atoms with van der Waals surface area (Å²) in [6.45, 7) is 10.8. The van der Waals surface area contributed by atoms with Gasteiger partial charge in [-0.3, -0.25) is 29.0 Å². The molecule has 139 heavy (non-hydrogen) atoms. The number of nitrogens with one attached hydrogen (secondary N) is 7. The summed E-state index contributed by atoms with van der Waals surface area (Å²) in [7, 11) is 0. The Morgan fingerprint density at radius 3 is 1.50 bits per heavy atom. The van der Waals surface area contributed by atoms with Crippen LogP contribution in [0.2, 0.25) is 10.0 Å². The highest BCUT2D eigenvalue weighted by atomic mass is 35.5. The van der Waals surface area contributed by atoms with Crippen LogP contribution in [-0.2, 0) is 47.1 Å². The second-order valence-corrected chi connectivity index (χ2v) is 31.8. The van der Waals surface area contributed by atoms with Crippen molar-refractivity contribution in [1.29, 1.82) is 0 Å². The Bertz CT molecular complexity index is 7150. The minimum absolute atomic E-state index is 0.00677. The van der Waals surface area contributed by atoms with Crippen molar-refractivity contribution in [3.05, 3.63) is 315 Å². The number of esters is 1. The SMILES string of the molecule is CCC(=O)c1cnn2c(-c3cccc(C(=O)Nc4cccc(C(F)(F)F)c4)c3)ccnc12.CCN(CC)CCNC(=O)c1cnn2c(-c3cccc(NC(=O)Nc4ccc(Cl)c(C(F)(F)F)c4)c3)ccnc12.CCOC(=O)c1cnn2c(-c3cccc(CC(=O)c4cccc(C(F)(F)F)c4)c3)ccnc12.CSc1cc(NC(=O)Nc2ccc(Cl)c(C(F)(F)F)c2)ccc1Oc1ccnc2c1NC(=O)C2. The lowest BCUT2D eigenvalue weighted by Crippen LogP contribution is -2.34. The molecule has 1 aliphatic rings.